The SMILES string of the molecule is Cc1ccccc1S(=O)(=O)N[C@@H](CC(C)C)C(=O)O. The molecule has 19 heavy (non-hydrogen) atoms. The summed E-state index contributed by atoms with van der Waals surface area (Å²) in [5, 5.41) is 9.07. The Balaban J connectivity index is 3.01. The van der Waals surface area contributed by atoms with Crippen LogP contribution >= 0.6 is 0 Å². The van der Waals surface area contributed by atoms with Crippen LogP contribution in [0.25, 0.3) is 0 Å². The maximum Gasteiger partial charge on any atom is 0.321 e. The molecule has 0 aliphatic carbocycles. The highest BCUT2D eigenvalue weighted by Gasteiger charge is 2.26. The lowest BCUT2D eigenvalue weighted by Crippen LogP contribution is -2.41. The Kier molecular flexibility index (Phi) is 5.08. The van der Waals surface area contributed by atoms with E-state index in [-0.39, 0.29) is 17.2 Å². The van der Waals surface area contributed by atoms with Crippen LogP contribution in [-0.4, -0.2) is 25.5 Å². The lowest BCUT2D eigenvalue weighted by molar-refractivity contribution is -0.139. The van der Waals surface area contributed by atoms with Gasteiger partial charge >= 0.3 is 5.97 Å². The van der Waals surface area contributed by atoms with Crippen molar-refractivity contribution in [2.45, 2.75) is 38.1 Å². The molecular weight excluding hydrogens is 266 g/mol. The van der Waals surface area contributed by atoms with Crippen LogP contribution in [0.1, 0.15) is 25.8 Å². The zero-order chi connectivity index (χ0) is 14.6. The molecule has 0 heterocycles. The smallest absolute Gasteiger partial charge is 0.321 e. The number of carboxylic acid groups (broad SMARTS) is 1. The highest BCUT2D eigenvalue weighted by atomic mass is 32.2. The molecule has 0 aromatic heterocycles. The molecule has 0 radical (unpaired) electrons. The van der Waals surface area contributed by atoms with Gasteiger partial charge in [0.1, 0.15) is 6.04 Å². The Hall–Kier alpha value is -1.40. The molecule has 1 aromatic rings. The van der Waals surface area contributed by atoms with Crippen LogP contribution in [0.4, 0.5) is 0 Å². The van der Waals surface area contributed by atoms with Crippen molar-refractivity contribution in [2.75, 3.05) is 0 Å². The molecule has 0 amide bonds. The van der Waals surface area contributed by atoms with Gasteiger partial charge < -0.3 is 5.11 Å². The topological polar surface area (TPSA) is 83.5 Å². The van der Waals surface area contributed by atoms with Crippen LogP contribution in [0.5, 0.6) is 0 Å². The zero-order valence-electron chi connectivity index (χ0n) is 11.3. The Bertz CT molecular complexity index is 552. The van der Waals surface area contributed by atoms with E-state index < -0.39 is 22.0 Å². The van der Waals surface area contributed by atoms with E-state index in [1.807, 2.05) is 13.8 Å². The monoisotopic (exact) mass is 285 g/mol. The Morgan fingerprint density at radius 2 is 1.89 bits per heavy atom. The maximum absolute atomic E-state index is 12.2. The first-order valence-electron chi connectivity index (χ1n) is 6.05. The van der Waals surface area contributed by atoms with Crippen LogP contribution in [0.2, 0.25) is 0 Å². The number of sulfonamides is 1. The van der Waals surface area contributed by atoms with Crippen LogP contribution in [0.15, 0.2) is 29.2 Å². The molecule has 0 aliphatic rings. The summed E-state index contributed by atoms with van der Waals surface area (Å²) in [4.78, 5) is 11.2. The molecule has 1 aromatic carbocycles. The summed E-state index contributed by atoms with van der Waals surface area (Å²) in [6.45, 7) is 5.36. The summed E-state index contributed by atoms with van der Waals surface area (Å²) in [6.07, 6.45) is 0.250. The molecule has 1 rings (SSSR count). The predicted molar refractivity (Wildman–Crippen MR) is 72.4 cm³/mol. The number of hydrogen-bond acceptors (Lipinski definition) is 3. The van der Waals surface area contributed by atoms with Gasteiger partial charge in [-0.3, -0.25) is 4.79 Å². The number of aliphatic carboxylic acids is 1. The number of aryl methyl sites for hydroxylation is 1. The molecule has 0 unspecified atom stereocenters. The fraction of sp³-hybridized carbons (Fsp3) is 0.462. The molecule has 1 atom stereocenters. The Morgan fingerprint density at radius 1 is 1.32 bits per heavy atom. The van der Waals surface area contributed by atoms with Crippen molar-refractivity contribution in [3.63, 3.8) is 0 Å². The standard InChI is InChI=1S/C13H19NO4S/c1-9(2)8-11(13(15)16)14-19(17,18)12-7-5-4-6-10(12)3/h4-7,9,11,14H,8H2,1-3H3,(H,15,16)/t11-/m0/s1. The van der Waals surface area contributed by atoms with Crippen LogP contribution in [-0.2, 0) is 14.8 Å². The summed E-state index contributed by atoms with van der Waals surface area (Å²) < 4.78 is 26.6. The van der Waals surface area contributed by atoms with Gasteiger partial charge in [0.15, 0.2) is 0 Å². The molecule has 0 aliphatic heterocycles. The van der Waals surface area contributed by atoms with Gasteiger partial charge in [0.2, 0.25) is 10.0 Å². The summed E-state index contributed by atoms with van der Waals surface area (Å²) in [5.41, 5.74) is 0.587. The fourth-order valence-electron chi connectivity index (χ4n) is 1.78. The first-order chi connectivity index (χ1) is 8.74. The molecule has 106 valence electrons. The second-order valence-electron chi connectivity index (χ2n) is 4.91. The van der Waals surface area contributed by atoms with Gasteiger partial charge in [0.05, 0.1) is 4.90 Å². The van der Waals surface area contributed by atoms with Gasteiger partial charge in [-0.25, -0.2) is 8.42 Å². The third-order valence-electron chi connectivity index (χ3n) is 2.69. The van der Waals surface area contributed by atoms with Gasteiger partial charge in [0, 0.05) is 0 Å². The van der Waals surface area contributed by atoms with E-state index in [0.29, 0.717) is 5.56 Å². The quantitative estimate of drug-likeness (QED) is 0.834. The molecule has 0 fully saturated rings. The lowest BCUT2D eigenvalue weighted by Gasteiger charge is -2.17. The summed E-state index contributed by atoms with van der Waals surface area (Å²) in [6, 6.07) is 5.37. The second-order valence-corrected chi connectivity index (χ2v) is 6.59. The van der Waals surface area contributed by atoms with E-state index in [2.05, 4.69) is 4.72 Å². The molecule has 5 nitrogen and oxygen atoms in total. The van der Waals surface area contributed by atoms with E-state index in [0.717, 1.165) is 0 Å². The Labute approximate surface area is 113 Å². The third-order valence-corrected chi connectivity index (χ3v) is 4.32. The Morgan fingerprint density at radius 3 is 2.37 bits per heavy atom. The third kappa shape index (κ3) is 4.33. The minimum absolute atomic E-state index is 0.0840. The first-order valence-corrected chi connectivity index (χ1v) is 7.53. The maximum atomic E-state index is 12.2. The summed E-state index contributed by atoms with van der Waals surface area (Å²) in [7, 11) is -3.81. The fourth-order valence-corrected chi connectivity index (χ4v) is 3.23. The highest BCUT2D eigenvalue weighted by Crippen LogP contribution is 2.16. The number of hydrogen-bond donors (Lipinski definition) is 2. The lowest BCUT2D eigenvalue weighted by atomic mass is 10.1. The largest absolute Gasteiger partial charge is 0.480 e. The number of rotatable bonds is 6. The molecule has 2 N–H and O–H groups in total. The van der Waals surface area contributed by atoms with Crippen LogP contribution in [0, 0.1) is 12.8 Å². The van der Waals surface area contributed by atoms with Gasteiger partial charge in [-0.05, 0) is 30.9 Å². The van der Waals surface area contributed by atoms with E-state index in [1.54, 1.807) is 25.1 Å². The highest BCUT2D eigenvalue weighted by molar-refractivity contribution is 7.89. The molecule has 0 bridgehead atoms. The van der Waals surface area contributed by atoms with Crippen molar-refractivity contribution >= 4 is 16.0 Å². The van der Waals surface area contributed by atoms with Crippen molar-refractivity contribution in [3.8, 4) is 0 Å². The summed E-state index contributed by atoms with van der Waals surface area (Å²) >= 11 is 0. The first kappa shape index (κ1) is 15.7. The molecule has 0 spiro atoms. The number of nitrogens with one attached hydrogen (secondary N) is 1. The molecule has 0 saturated carbocycles. The van der Waals surface area contributed by atoms with Crippen LogP contribution in [0.3, 0.4) is 0 Å². The number of carbonyl (C=O) groups is 1. The van der Waals surface area contributed by atoms with Crippen molar-refractivity contribution in [3.05, 3.63) is 29.8 Å². The minimum atomic E-state index is -3.81. The van der Waals surface area contributed by atoms with Gasteiger partial charge in [-0.15, -0.1) is 0 Å². The van der Waals surface area contributed by atoms with Crippen molar-refractivity contribution < 1.29 is 18.3 Å². The molecular formula is C13H19NO4S. The number of carboxylic acids is 1. The average molecular weight is 285 g/mol. The van der Waals surface area contributed by atoms with Crippen molar-refractivity contribution in [1.29, 1.82) is 0 Å². The van der Waals surface area contributed by atoms with Crippen molar-refractivity contribution in [2.24, 2.45) is 5.92 Å². The normalized spacial score (nSPS) is 13.5. The average Bonchev–Trinajstić information content (AvgIpc) is 2.27. The summed E-state index contributed by atoms with van der Waals surface area (Å²) in [5.74, 6) is -1.08. The number of benzene rings is 1. The van der Waals surface area contributed by atoms with Gasteiger partial charge in [0.25, 0.3) is 0 Å². The minimum Gasteiger partial charge on any atom is -0.480 e. The molecule has 6 heteroatoms. The predicted octanol–water partition coefficient (Wildman–Crippen LogP) is 1.77. The van der Waals surface area contributed by atoms with Crippen LogP contribution < -0.4 is 4.72 Å². The van der Waals surface area contributed by atoms with Crippen molar-refractivity contribution in [1.82, 2.24) is 4.72 Å². The zero-order valence-corrected chi connectivity index (χ0v) is 12.1. The second kappa shape index (κ2) is 6.16. The molecule has 0 saturated heterocycles. The van der Waals surface area contributed by atoms with E-state index in [4.69, 9.17) is 5.11 Å². The van der Waals surface area contributed by atoms with E-state index in [9.17, 15) is 13.2 Å². The van der Waals surface area contributed by atoms with E-state index in [1.165, 1.54) is 6.07 Å². The van der Waals surface area contributed by atoms with Gasteiger partial charge in [-0.2, -0.15) is 4.72 Å². The van der Waals surface area contributed by atoms with E-state index >= 15 is 0 Å². The van der Waals surface area contributed by atoms with Gasteiger partial charge in [-0.1, -0.05) is 32.0 Å².